The summed E-state index contributed by atoms with van der Waals surface area (Å²) in [4.78, 5) is 4.21. The van der Waals surface area contributed by atoms with Crippen molar-refractivity contribution in [1.82, 2.24) is 4.98 Å². The maximum Gasteiger partial charge on any atom is 0.213 e. The summed E-state index contributed by atoms with van der Waals surface area (Å²) >= 11 is 11.9. The van der Waals surface area contributed by atoms with E-state index in [1.807, 2.05) is 24.3 Å². The highest BCUT2D eigenvalue weighted by Crippen LogP contribution is 2.23. The van der Waals surface area contributed by atoms with Crippen LogP contribution in [0.3, 0.4) is 0 Å². The fourth-order valence-corrected chi connectivity index (χ4v) is 1.97. The van der Waals surface area contributed by atoms with Crippen molar-refractivity contribution < 1.29 is 9.47 Å². The zero-order chi connectivity index (χ0) is 15.1. The summed E-state index contributed by atoms with van der Waals surface area (Å²) in [6.45, 7) is 1.67. The maximum absolute atomic E-state index is 5.98. The predicted molar refractivity (Wildman–Crippen MR) is 85.4 cm³/mol. The van der Waals surface area contributed by atoms with E-state index >= 15 is 0 Å². The van der Waals surface area contributed by atoms with Crippen LogP contribution >= 0.6 is 23.2 Å². The summed E-state index contributed by atoms with van der Waals surface area (Å²) in [5.41, 5.74) is 1.95. The van der Waals surface area contributed by atoms with Gasteiger partial charge in [-0.25, -0.2) is 4.98 Å². The first kappa shape index (κ1) is 15.9. The van der Waals surface area contributed by atoms with Gasteiger partial charge in [0.2, 0.25) is 5.88 Å². The van der Waals surface area contributed by atoms with E-state index in [2.05, 4.69) is 10.3 Å². The largest absolute Gasteiger partial charge is 0.475 e. The van der Waals surface area contributed by atoms with Gasteiger partial charge in [-0.2, -0.15) is 0 Å². The van der Waals surface area contributed by atoms with Crippen molar-refractivity contribution in [2.45, 2.75) is 6.54 Å². The molecule has 112 valence electrons. The van der Waals surface area contributed by atoms with Crippen LogP contribution in [0.5, 0.6) is 5.88 Å². The molecule has 0 aliphatic carbocycles. The van der Waals surface area contributed by atoms with Crippen molar-refractivity contribution in [3.63, 3.8) is 0 Å². The molecule has 0 radical (unpaired) electrons. The lowest BCUT2D eigenvalue weighted by atomic mass is 10.2. The van der Waals surface area contributed by atoms with E-state index in [-0.39, 0.29) is 0 Å². The lowest BCUT2D eigenvalue weighted by Gasteiger charge is -2.08. The first-order valence-electron chi connectivity index (χ1n) is 6.44. The van der Waals surface area contributed by atoms with Crippen molar-refractivity contribution in [3.8, 4) is 5.88 Å². The smallest absolute Gasteiger partial charge is 0.213 e. The van der Waals surface area contributed by atoms with Gasteiger partial charge in [0.05, 0.1) is 28.5 Å². The van der Waals surface area contributed by atoms with E-state index in [1.54, 1.807) is 19.4 Å². The summed E-state index contributed by atoms with van der Waals surface area (Å²) in [5.74, 6) is 0.576. The molecule has 21 heavy (non-hydrogen) atoms. The highest BCUT2D eigenvalue weighted by molar-refractivity contribution is 6.42. The minimum absolute atomic E-state index is 0.486. The molecule has 0 unspecified atom stereocenters. The van der Waals surface area contributed by atoms with Gasteiger partial charge in [0.1, 0.15) is 6.61 Å². The Balaban J connectivity index is 1.86. The average Bonchev–Trinajstić information content (AvgIpc) is 2.50. The first-order chi connectivity index (χ1) is 10.2. The molecule has 1 aromatic heterocycles. The third-order valence-corrected chi connectivity index (χ3v) is 3.49. The van der Waals surface area contributed by atoms with Gasteiger partial charge >= 0.3 is 0 Å². The molecule has 6 heteroatoms. The summed E-state index contributed by atoms with van der Waals surface area (Å²) in [7, 11) is 1.63. The second-order valence-corrected chi connectivity index (χ2v) is 5.14. The molecule has 0 fully saturated rings. The molecule has 0 spiro atoms. The SMILES string of the molecule is COCCOc1ccc(NCc2ccc(Cl)c(Cl)c2)cn1. The lowest BCUT2D eigenvalue weighted by molar-refractivity contribution is 0.144. The number of hydrogen-bond acceptors (Lipinski definition) is 4. The van der Waals surface area contributed by atoms with E-state index in [9.17, 15) is 0 Å². The third kappa shape index (κ3) is 5.08. The van der Waals surface area contributed by atoms with Crippen LogP contribution < -0.4 is 10.1 Å². The van der Waals surface area contributed by atoms with Crippen LogP contribution in [0.1, 0.15) is 5.56 Å². The number of rotatable bonds is 7. The average molecular weight is 327 g/mol. The lowest BCUT2D eigenvalue weighted by Crippen LogP contribution is -2.05. The zero-order valence-electron chi connectivity index (χ0n) is 11.6. The fraction of sp³-hybridized carbons (Fsp3) is 0.267. The Morgan fingerprint density at radius 1 is 1.10 bits per heavy atom. The molecule has 0 saturated carbocycles. The van der Waals surface area contributed by atoms with Crippen LogP contribution in [0.25, 0.3) is 0 Å². The van der Waals surface area contributed by atoms with Gasteiger partial charge in [-0.15, -0.1) is 0 Å². The van der Waals surface area contributed by atoms with Crippen molar-refractivity contribution in [3.05, 3.63) is 52.1 Å². The number of nitrogens with zero attached hydrogens (tertiary/aromatic N) is 1. The standard InChI is InChI=1S/C15H16Cl2N2O2/c1-20-6-7-21-15-5-3-12(10-19-15)18-9-11-2-4-13(16)14(17)8-11/h2-5,8,10,18H,6-7,9H2,1H3. The summed E-state index contributed by atoms with van der Waals surface area (Å²) in [6.07, 6.45) is 1.72. The second-order valence-electron chi connectivity index (χ2n) is 4.33. The molecule has 1 aromatic carbocycles. The first-order valence-corrected chi connectivity index (χ1v) is 7.20. The highest BCUT2D eigenvalue weighted by atomic mass is 35.5. The molecular weight excluding hydrogens is 311 g/mol. The van der Waals surface area contributed by atoms with Crippen LogP contribution in [0.15, 0.2) is 36.5 Å². The molecule has 2 aromatic rings. The van der Waals surface area contributed by atoms with Crippen molar-refractivity contribution >= 4 is 28.9 Å². The van der Waals surface area contributed by atoms with Crippen LogP contribution in [-0.4, -0.2) is 25.3 Å². The van der Waals surface area contributed by atoms with Crippen LogP contribution in [-0.2, 0) is 11.3 Å². The number of methoxy groups -OCH3 is 1. The number of nitrogens with one attached hydrogen (secondary N) is 1. The van der Waals surface area contributed by atoms with Crippen LogP contribution in [0.4, 0.5) is 5.69 Å². The van der Waals surface area contributed by atoms with Gasteiger partial charge in [-0.05, 0) is 23.8 Å². The van der Waals surface area contributed by atoms with E-state index < -0.39 is 0 Å². The van der Waals surface area contributed by atoms with Crippen molar-refractivity contribution in [1.29, 1.82) is 0 Å². The molecule has 0 aliphatic rings. The molecule has 0 atom stereocenters. The quantitative estimate of drug-likeness (QED) is 0.780. The summed E-state index contributed by atoms with van der Waals surface area (Å²) < 4.78 is 10.3. The van der Waals surface area contributed by atoms with Gasteiger partial charge in [-0.3, -0.25) is 0 Å². The molecular formula is C15H16Cl2N2O2. The van der Waals surface area contributed by atoms with Crippen LogP contribution in [0.2, 0.25) is 10.0 Å². The Bertz CT molecular complexity index is 576. The van der Waals surface area contributed by atoms with Crippen molar-refractivity contribution in [2.24, 2.45) is 0 Å². The monoisotopic (exact) mass is 326 g/mol. The Labute approximate surface area is 134 Å². The Hall–Kier alpha value is -1.49. The molecule has 0 amide bonds. The summed E-state index contributed by atoms with van der Waals surface area (Å²) in [5, 5.41) is 4.36. The number of pyridine rings is 1. The zero-order valence-corrected chi connectivity index (χ0v) is 13.1. The summed E-state index contributed by atoms with van der Waals surface area (Å²) in [6, 6.07) is 9.27. The molecule has 4 nitrogen and oxygen atoms in total. The minimum Gasteiger partial charge on any atom is -0.475 e. The molecule has 1 N–H and O–H groups in total. The Kier molecular flexibility index (Phi) is 6.11. The molecule has 1 heterocycles. The number of ether oxygens (including phenoxy) is 2. The van der Waals surface area contributed by atoms with Crippen molar-refractivity contribution in [2.75, 3.05) is 25.6 Å². The predicted octanol–water partition coefficient (Wildman–Crippen LogP) is 4.03. The minimum atomic E-state index is 0.486. The number of hydrogen-bond donors (Lipinski definition) is 1. The fourth-order valence-electron chi connectivity index (χ4n) is 1.65. The number of benzene rings is 1. The molecule has 2 rings (SSSR count). The van der Waals surface area contributed by atoms with E-state index in [4.69, 9.17) is 32.7 Å². The van der Waals surface area contributed by atoms with Crippen LogP contribution in [0, 0.1) is 0 Å². The number of anilines is 1. The van der Waals surface area contributed by atoms with Gasteiger partial charge in [0, 0.05) is 19.7 Å². The Morgan fingerprint density at radius 2 is 1.95 bits per heavy atom. The molecule has 0 bridgehead atoms. The van der Waals surface area contributed by atoms with E-state index in [0.717, 1.165) is 11.3 Å². The molecule has 0 aliphatic heterocycles. The van der Waals surface area contributed by atoms with Gasteiger partial charge in [0.15, 0.2) is 0 Å². The number of halogens is 2. The Morgan fingerprint density at radius 3 is 2.62 bits per heavy atom. The maximum atomic E-state index is 5.98. The van der Waals surface area contributed by atoms with Gasteiger partial charge < -0.3 is 14.8 Å². The topological polar surface area (TPSA) is 43.4 Å². The van der Waals surface area contributed by atoms with E-state index in [1.165, 1.54) is 0 Å². The van der Waals surface area contributed by atoms with E-state index in [0.29, 0.717) is 35.7 Å². The normalized spacial score (nSPS) is 10.4. The molecule has 0 saturated heterocycles. The second kappa shape index (κ2) is 8.08. The number of aromatic nitrogens is 1. The van der Waals surface area contributed by atoms with Gasteiger partial charge in [-0.1, -0.05) is 29.3 Å². The third-order valence-electron chi connectivity index (χ3n) is 2.75. The van der Waals surface area contributed by atoms with Gasteiger partial charge in [0.25, 0.3) is 0 Å². The highest BCUT2D eigenvalue weighted by Gasteiger charge is 2.01.